The standard InChI is InChI=1S/C15H24O/c1-12-5-4-7-14(2,3)13(12)6-8-15(11-16)9-10-15/h6,8,16H,4-5,7,9-11H2,1-3H3/b8-6+. The quantitative estimate of drug-likeness (QED) is 0.766. The maximum absolute atomic E-state index is 9.31. The molecule has 16 heavy (non-hydrogen) atoms. The van der Waals surface area contributed by atoms with Crippen molar-refractivity contribution in [1.29, 1.82) is 0 Å². The number of aliphatic hydroxyl groups excluding tert-OH is 1. The van der Waals surface area contributed by atoms with Gasteiger partial charge in [-0.3, -0.25) is 0 Å². The van der Waals surface area contributed by atoms with E-state index in [2.05, 4.69) is 32.9 Å². The number of rotatable bonds is 3. The first kappa shape index (κ1) is 11.9. The maximum Gasteiger partial charge on any atom is 0.0522 e. The van der Waals surface area contributed by atoms with Crippen LogP contribution >= 0.6 is 0 Å². The average molecular weight is 220 g/mol. The summed E-state index contributed by atoms with van der Waals surface area (Å²) in [7, 11) is 0. The SMILES string of the molecule is CC1=C(/C=C/C2(CO)CC2)C(C)(C)CCC1. The molecule has 0 heterocycles. The van der Waals surface area contributed by atoms with Crippen LogP contribution in [0.2, 0.25) is 0 Å². The highest BCUT2D eigenvalue weighted by molar-refractivity contribution is 5.34. The van der Waals surface area contributed by atoms with Gasteiger partial charge < -0.3 is 5.11 Å². The minimum Gasteiger partial charge on any atom is -0.395 e. The van der Waals surface area contributed by atoms with Gasteiger partial charge in [-0.15, -0.1) is 0 Å². The Morgan fingerprint density at radius 1 is 1.25 bits per heavy atom. The van der Waals surface area contributed by atoms with Crippen molar-refractivity contribution in [3.63, 3.8) is 0 Å². The highest BCUT2D eigenvalue weighted by Crippen LogP contribution is 2.48. The largest absolute Gasteiger partial charge is 0.395 e. The number of allylic oxidation sites excluding steroid dienone is 3. The first-order valence-electron chi connectivity index (χ1n) is 6.49. The molecule has 1 heteroatoms. The summed E-state index contributed by atoms with van der Waals surface area (Å²) in [5.41, 5.74) is 3.52. The second-order valence-corrected chi connectivity index (χ2v) is 6.29. The van der Waals surface area contributed by atoms with Gasteiger partial charge in [0.1, 0.15) is 0 Å². The van der Waals surface area contributed by atoms with Crippen LogP contribution in [0.4, 0.5) is 0 Å². The van der Waals surface area contributed by atoms with Crippen molar-refractivity contribution in [3.05, 3.63) is 23.3 Å². The zero-order valence-electron chi connectivity index (χ0n) is 10.8. The van der Waals surface area contributed by atoms with Gasteiger partial charge in [-0.25, -0.2) is 0 Å². The third-order valence-corrected chi connectivity index (χ3v) is 4.35. The second kappa shape index (κ2) is 4.03. The van der Waals surface area contributed by atoms with Gasteiger partial charge in [0.15, 0.2) is 0 Å². The summed E-state index contributed by atoms with van der Waals surface area (Å²) < 4.78 is 0. The van der Waals surface area contributed by atoms with E-state index in [0.29, 0.717) is 12.0 Å². The van der Waals surface area contributed by atoms with Crippen LogP contribution in [0.25, 0.3) is 0 Å². The Morgan fingerprint density at radius 3 is 2.44 bits per heavy atom. The summed E-state index contributed by atoms with van der Waals surface area (Å²) in [6, 6.07) is 0. The van der Waals surface area contributed by atoms with E-state index < -0.39 is 0 Å². The molecule has 1 nitrogen and oxygen atoms in total. The van der Waals surface area contributed by atoms with Gasteiger partial charge in [0.25, 0.3) is 0 Å². The molecule has 2 aliphatic rings. The number of aliphatic hydroxyl groups is 1. The smallest absolute Gasteiger partial charge is 0.0522 e. The third kappa shape index (κ3) is 2.24. The molecule has 0 spiro atoms. The van der Waals surface area contributed by atoms with Gasteiger partial charge in [0.2, 0.25) is 0 Å². The van der Waals surface area contributed by atoms with Crippen LogP contribution in [0.1, 0.15) is 52.9 Å². The lowest BCUT2D eigenvalue weighted by Crippen LogP contribution is -2.19. The summed E-state index contributed by atoms with van der Waals surface area (Å²) in [4.78, 5) is 0. The molecule has 0 saturated heterocycles. The van der Waals surface area contributed by atoms with Crippen LogP contribution in [-0.4, -0.2) is 11.7 Å². The Bertz CT molecular complexity index is 329. The van der Waals surface area contributed by atoms with Crippen LogP contribution < -0.4 is 0 Å². The van der Waals surface area contributed by atoms with Crippen molar-refractivity contribution in [2.45, 2.75) is 52.9 Å². The molecule has 0 atom stereocenters. The summed E-state index contributed by atoms with van der Waals surface area (Å²) in [5, 5.41) is 9.31. The Kier molecular flexibility index (Phi) is 3.00. The van der Waals surface area contributed by atoms with Crippen LogP contribution in [0.15, 0.2) is 23.3 Å². The van der Waals surface area contributed by atoms with Gasteiger partial charge in [0.05, 0.1) is 6.61 Å². The maximum atomic E-state index is 9.31. The Hall–Kier alpha value is -0.560. The van der Waals surface area contributed by atoms with Crippen molar-refractivity contribution in [2.24, 2.45) is 10.8 Å². The fourth-order valence-electron chi connectivity index (χ4n) is 2.81. The highest BCUT2D eigenvalue weighted by atomic mass is 16.3. The second-order valence-electron chi connectivity index (χ2n) is 6.29. The lowest BCUT2D eigenvalue weighted by molar-refractivity contribution is 0.241. The molecule has 0 aromatic rings. The third-order valence-electron chi connectivity index (χ3n) is 4.35. The molecule has 1 N–H and O–H groups in total. The van der Waals surface area contributed by atoms with E-state index in [1.165, 1.54) is 24.8 Å². The molecule has 2 rings (SSSR count). The van der Waals surface area contributed by atoms with E-state index in [-0.39, 0.29) is 5.41 Å². The molecule has 0 amide bonds. The monoisotopic (exact) mass is 220 g/mol. The minimum atomic E-state index is 0.140. The van der Waals surface area contributed by atoms with E-state index >= 15 is 0 Å². The lowest BCUT2D eigenvalue weighted by Gasteiger charge is -2.33. The molecule has 0 aromatic carbocycles. The summed E-state index contributed by atoms with van der Waals surface area (Å²) in [6.45, 7) is 7.26. The number of hydrogen-bond donors (Lipinski definition) is 1. The molecule has 90 valence electrons. The molecule has 0 aliphatic heterocycles. The number of hydrogen-bond acceptors (Lipinski definition) is 1. The topological polar surface area (TPSA) is 20.2 Å². The Balaban J connectivity index is 2.18. The van der Waals surface area contributed by atoms with Crippen LogP contribution in [0.5, 0.6) is 0 Å². The van der Waals surface area contributed by atoms with Crippen LogP contribution in [0, 0.1) is 10.8 Å². The van der Waals surface area contributed by atoms with Gasteiger partial charge in [0, 0.05) is 5.41 Å². The van der Waals surface area contributed by atoms with Gasteiger partial charge >= 0.3 is 0 Å². The van der Waals surface area contributed by atoms with Gasteiger partial charge in [-0.05, 0) is 50.0 Å². The van der Waals surface area contributed by atoms with Crippen molar-refractivity contribution >= 4 is 0 Å². The summed E-state index contributed by atoms with van der Waals surface area (Å²) in [5.74, 6) is 0. The normalized spacial score (nSPS) is 27.5. The molecule has 0 radical (unpaired) electrons. The molecule has 0 aromatic heterocycles. The van der Waals surface area contributed by atoms with E-state index in [9.17, 15) is 5.11 Å². The minimum absolute atomic E-state index is 0.140. The van der Waals surface area contributed by atoms with Crippen molar-refractivity contribution in [2.75, 3.05) is 6.61 Å². The molecular weight excluding hydrogens is 196 g/mol. The fraction of sp³-hybridized carbons (Fsp3) is 0.733. The van der Waals surface area contributed by atoms with Crippen LogP contribution in [-0.2, 0) is 0 Å². The zero-order chi connectivity index (χ0) is 11.8. The molecular formula is C15H24O. The van der Waals surface area contributed by atoms with E-state index in [1.54, 1.807) is 5.57 Å². The Morgan fingerprint density at radius 2 is 1.94 bits per heavy atom. The van der Waals surface area contributed by atoms with E-state index in [1.807, 2.05) is 0 Å². The highest BCUT2D eigenvalue weighted by Gasteiger charge is 2.39. The van der Waals surface area contributed by atoms with E-state index in [4.69, 9.17) is 0 Å². The molecule has 1 saturated carbocycles. The predicted molar refractivity (Wildman–Crippen MR) is 68.2 cm³/mol. The van der Waals surface area contributed by atoms with Crippen molar-refractivity contribution in [3.8, 4) is 0 Å². The molecule has 1 fully saturated rings. The Labute approximate surface area is 99.3 Å². The summed E-state index contributed by atoms with van der Waals surface area (Å²) in [6.07, 6.45) is 10.7. The predicted octanol–water partition coefficient (Wildman–Crippen LogP) is 3.84. The first-order valence-corrected chi connectivity index (χ1v) is 6.49. The fourth-order valence-corrected chi connectivity index (χ4v) is 2.81. The first-order chi connectivity index (χ1) is 7.49. The van der Waals surface area contributed by atoms with E-state index in [0.717, 1.165) is 12.8 Å². The lowest BCUT2D eigenvalue weighted by atomic mass is 9.72. The molecule has 0 unspecified atom stereocenters. The van der Waals surface area contributed by atoms with Crippen molar-refractivity contribution in [1.82, 2.24) is 0 Å². The summed E-state index contributed by atoms with van der Waals surface area (Å²) >= 11 is 0. The van der Waals surface area contributed by atoms with Gasteiger partial charge in [-0.2, -0.15) is 0 Å². The zero-order valence-corrected chi connectivity index (χ0v) is 10.8. The van der Waals surface area contributed by atoms with Crippen molar-refractivity contribution < 1.29 is 5.11 Å². The molecule has 0 bridgehead atoms. The average Bonchev–Trinajstić information content (AvgIpc) is 2.97. The van der Waals surface area contributed by atoms with Crippen LogP contribution in [0.3, 0.4) is 0 Å². The molecule has 2 aliphatic carbocycles. The van der Waals surface area contributed by atoms with Gasteiger partial charge in [-0.1, -0.05) is 31.6 Å².